The lowest BCUT2D eigenvalue weighted by Gasteiger charge is -2.07. The zero-order valence-corrected chi connectivity index (χ0v) is 13.1. The fraction of sp³-hybridized carbons (Fsp3) is 0.176. The number of benzene rings is 1. The summed E-state index contributed by atoms with van der Waals surface area (Å²) < 4.78 is 11.6. The number of esters is 1. The summed E-state index contributed by atoms with van der Waals surface area (Å²) in [6, 6.07) is 9.73. The third-order valence-electron chi connectivity index (χ3n) is 3.36. The van der Waals surface area contributed by atoms with Crippen molar-refractivity contribution < 1.29 is 14.3 Å². The quantitative estimate of drug-likeness (QED) is 0.668. The summed E-state index contributed by atoms with van der Waals surface area (Å²) in [5.74, 6) is 1.03. The van der Waals surface area contributed by atoms with E-state index in [4.69, 9.17) is 9.47 Å². The summed E-state index contributed by atoms with van der Waals surface area (Å²) in [7, 11) is 1.37. The Balaban J connectivity index is 1.95. The van der Waals surface area contributed by atoms with Gasteiger partial charge in [-0.3, -0.25) is 4.98 Å². The fourth-order valence-electron chi connectivity index (χ4n) is 2.14. The van der Waals surface area contributed by atoms with Crippen molar-refractivity contribution in [1.29, 1.82) is 0 Å². The van der Waals surface area contributed by atoms with Crippen LogP contribution in [0.5, 0.6) is 11.5 Å². The Labute approximate surface area is 132 Å². The predicted octanol–water partition coefficient (Wildman–Crippen LogP) is 4.44. The molecule has 0 radical (unpaired) electrons. The molecule has 0 aliphatic rings. The maximum atomic E-state index is 11.7. The summed E-state index contributed by atoms with van der Waals surface area (Å²) in [5, 5.41) is 0.861. The number of ether oxygens (including phenoxy) is 2. The summed E-state index contributed by atoms with van der Waals surface area (Å²) in [6.07, 6.45) is 4.37. The van der Waals surface area contributed by atoms with E-state index in [2.05, 4.69) is 11.9 Å². The molecule has 112 valence electrons. The Morgan fingerprint density at radius 1 is 1.23 bits per heavy atom. The van der Waals surface area contributed by atoms with E-state index in [1.165, 1.54) is 24.0 Å². The molecule has 2 heterocycles. The molecular weight excluding hydrogens is 298 g/mol. The van der Waals surface area contributed by atoms with Crippen LogP contribution in [0.25, 0.3) is 10.1 Å². The van der Waals surface area contributed by atoms with E-state index in [1.807, 2.05) is 24.3 Å². The van der Waals surface area contributed by atoms with Gasteiger partial charge in [0.05, 0.1) is 18.0 Å². The lowest BCUT2D eigenvalue weighted by Crippen LogP contribution is -1.96. The number of pyridine rings is 1. The molecule has 3 aromatic rings. The van der Waals surface area contributed by atoms with Gasteiger partial charge in [0.25, 0.3) is 0 Å². The van der Waals surface area contributed by atoms with Crippen molar-refractivity contribution in [2.24, 2.45) is 0 Å². The summed E-state index contributed by atoms with van der Waals surface area (Å²) in [6.45, 7) is 2.11. The maximum absolute atomic E-state index is 11.7. The van der Waals surface area contributed by atoms with E-state index in [9.17, 15) is 4.79 Å². The van der Waals surface area contributed by atoms with Crippen LogP contribution in [0, 0.1) is 0 Å². The number of methoxy groups -OCH3 is 1. The molecule has 22 heavy (non-hydrogen) atoms. The van der Waals surface area contributed by atoms with Gasteiger partial charge in [-0.15, -0.1) is 11.3 Å². The minimum Gasteiger partial charge on any atom is -0.465 e. The third kappa shape index (κ3) is 2.80. The molecule has 0 saturated heterocycles. The van der Waals surface area contributed by atoms with Crippen LogP contribution in [-0.2, 0) is 11.2 Å². The molecule has 1 aromatic carbocycles. The lowest BCUT2D eigenvalue weighted by molar-refractivity contribution is 0.0606. The van der Waals surface area contributed by atoms with E-state index in [0.717, 1.165) is 22.3 Å². The highest BCUT2D eigenvalue weighted by molar-refractivity contribution is 7.20. The van der Waals surface area contributed by atoms with Gasteiger partial charge in [-0.25, -0.2) is 4.79 Å². The number of thiophene rings is 1. The molecule has 0 unspecified atom stereocenters. The van der Waals surface area contributed by atoms with Gasteiger partial charge in [0.1, 0.15) is 10.6 Å². The van der Waals surface area contributed by atoms with Gasteiger partial charge >= 0.3 is 5.97 Å². The molecule has 5 heteroatoms. The van der Waals surface area contributed by atoms with Crippen LogP contribution in [0.2, 0.25) is 0 Å². The molecule has 2 aromatic heterocycles. The third-order valence-corrected chi connectivity index (χ3v) is 4.41. The summed E-state index contributed by atoms with van der Waals surface area (Å²) in [5.41, 5.74) is 1.26. The minimum absolute atomic E-state index is 0.348. The second-order valence-electron chi connectivity index (χ2n) is 4.75. The SMILES string of the molecule is CCc1ccc(Oc2cncc3sc(C(=O)OC)cc23)cc1. The Bertz CT molecular complexity index is 808. The Morgan fingerprint density at radius 2 is 2.00 bits per heavy atom. The topological polar surface area (TPSA) is 48.4 Å². The second-order valence-corrected chi connectivity index (χ2v) is 5.84. The van der Waals surface area contributed by atoms with Crippen LogP contribution >= 0.6 is 11.3 Å². The zero-order valence-electron chi connectivity index (χ0n) is 12.3. The molecule has 0 atom stereocenters. The van der Waals surface area contributed by atoms with Crippen molar-refractivity contribution in [2.45, 2.75) is 13.3 Å². The normalized spacial score (nSPS) is 10.6. The maximum Gasteiger partial charge on any atom is 0.348 e. The number of hydrogen-bond acceptors (Lipinski definition) is 5. The van der Waals surface area contributed by atoms with Gasteiger partial charge in [-0.05, 0) is 30.2 Å². The number of fused-ring (bicyclic) bond motifs is 1. The molecule has 0 aliphatic carbocycles. The number of aryl methyl sites for hydroxylation is 1. The Hall–Kier alpha value is -2.40. The first-order valence-electron chi connectivity index (χ1n) is 6.94. The molecule has 4 nitrogen and oxygen atoms in total. The van der Waals surface area contributed by atoms with Crippen molar-refractivity contribution in [1.82, 2.24) is 4.98 Å². The molecule has 0 amide bonds. The van der Waals surface area contributed by atoms with Crippen molar-refractivity contribution in [3.63, 3.8) is 0 Å². The van der Waals surface area contributed by atoms with Gasteiger partial charge in [-0.2, -0.15) is 0 Å². The predicted molar refractivity (Wildman–Crippen MR) is 86.9 cm³/mol. The van der Waals surface area contributed by atoms with Crippen molar-refractivity contribution in [3.05, 3.63) is 53.2 Å². The first kappa shape index (κ1) is 14.5. The van der Waals surface area contributed by atoms with Gasteiger partial charge in [0.2, 0.25) is 0 Å². The molecular formula is C17H15NO3S. The number of aromatic nitrogens is 1. The largest absolute Gasteiger partial charge is 0.465 e. The van der Waals surface area contributed by atoms with Crippen LogP contribution in [0.4, 0.5) is 0 Å². The summed E-state index contributed by atoms with van der Waals surface area (Å²) in [4.78, 5) is 16.4. The summed E-state index contributed by atoms with van der Waals surface area (Å²) >= 11 is 1.34. The van der Waals surface area contributed by atoms with Gasteiger partial charge in [0, 0.05) is 11.6 Å². The van der Waals surface area contributed by atoms with E-state index in [1.54, 1.807) is 18.5 Å². The first-order valence-corrected chi connectivity index (χ1v) is 7.75. The minimum atomic E-state index is -0.348. The highest BCUT2D eigenvalue weighted by atomic mass is 32.1. The number of rotatable bonds is 4. The van der Waals surface area contributed by atoms with Crippen molar-refractivity contribution in [2.75, 3.05) is 7.11 Å². The van der Waals surface area contributed by atoms with Gasteiger partial charge in [-0.1, -0.05) is 19.1 Å². The monoisotopic (exact) mass is 313 g/mol. The number of nitrogens with zero attached hydrogens (tertiary/aromatic N) is 1. The Morgan fingerprint density at radius 3 is 2.68 bits per heavy atom. The van der Waals surface area contributed by atoms with Gasteiger partial charge in [0.15, 0.2) is 5.75 Å². The average Bonchev–Trinajstić information content (AvgIpc) is 3.00. The standard InChI is InChI=1S/C17H15NO3S/c1-3-11-4-6-12(7-5-11)21-14-9-18-10-16-13(14)8-15(22-16)17(19)20-2/h4-10H,3H2,1-2H3. The number of carbonyl (C=O) groups excluding carboxylic acids is 1. The van der Waals surface area contributed by atoms with Crippen LogP contribution in [0.15, 0.2) is 42.7 Å². The molecule has 0 fully saturated rings. The van der Waals surface area contributed by atoms with Crippen molar-refractivity contribution >= 4 is 27.4 Å². The van der Waals surface area contributed by atoms with Crippen LogP contribution < -0.4 is 4.74 Å². The molecule has 0 spiro atoms. The van der Waals surface area contributed by atoms with Crippen LogP contribution in [0.3, 0.4) is 0 Å². The number of hydrogen-bond donors (Lipinski definition) is 0. The second kappa shape index (κ2) is 6.15. The van der Waals surface area contributed by atoms with Gasteiger partial charge < -0.3 is 9.47 Å². The Kier molecular flexibility index (Phi) is 4.06. The molecule has 0 N–H and O–H groups in total. The van der Waals surface area contributed by atoms with E-state index in [-0.39, 0.29) is 5.97 Å². The molecule has 3 rings (SSSR count). The zero-order chi connectivity index (χ0) is 15.5. The smallest absolute Gasteiger partial charge is 0.348 e. The molecule has 0 bridgehead atoms. The highest BCUT2D eigenvalue weighted by Crippen LogP contribution is 2.34. The van der Waals surface area contributed by atoms with E-state index < -0.39 is 0 Å². The fourth-order valence-corrected chi connectivity index (χ4v) is 3.10. The molecule has 0 aliphatic heterocycles. The lowest BCUT2D eigenvalue weighted by atomic mass is 10.2. The van der Waals surface area contributed by atoms with E-state index >= 15 is 0 Å². The molecule has 0 saturated carbocycles. The number of carbonyl (C=O) groups is 1. The van der Waals surface area contributed by atoms with Crippen LogP contribution in [0.1, 0.15) is 22.2 Å². The first-order chi connectivity index (χ1) is 10.7. The van der Waals surface area contributed by atoms with E-state index in [0.29, 0.717) is 10.6 Å². The van der Waals surface area contributed by atoms with Crippen LogP contribution in [-0.4, -0.2) is 18.1 Å². The van der Waals surface area contributed by atoms with Crippen molar-refractivity contribution in [3.8, 4) is 11.5 Å². The highest BCUT2D eigenvalue weighted by Gasteiger charge is 2.14. The average molecular weight is 313 g/mol.